The number of thiophene rings is 1. The lowest BCUT2D eigenvalue weighted by molar-refractivity contribution is 0.943. The van der Waals surface area contributed by atoms with Crippen molar-refractivity contribution in [3.05, 3.63) is 52.3 Å². The molecule has 72 valence electrons. The van der Waals surface area contributed by atoms with Crippen molar-refractivity contribution in [1.82, 2.24) is 0 Å². The van der Waals surface area contributed by atoms with Crippen LogP contribution in [0.5, 0.6) is 0 Å². The lowest BCUT2D eigenvalue weighted by atomic mass is 10.1. The Balaban J connectivity index is 2.32. The molecule has 1 unspecified atom stereocenters. The molecule has 14 heavy (non-hydrogen) atoms. The molecule has 0 aliphatic heterocycles. The lowest BCUT2D eigenvalue weighted by Crippen LogP contribution is -1.78. The van der Waals surface area contributed by atoms with E-state index in [0.29, 0.717) is 5.92 Å². The summed E-state index contributed by atoms with van der Waals surface area (Å²) in [7, 11) is 0. The minimum atomic E-state index is 0.546. The SMILES string of the molecule is Cc1ccc(C2=CC=CC(C)C=C2)s1. The summed E-state index contributed by atoms with van der Waals surface area (Å²) in [5, 5.41) is 0. The number of rotatable bonds is 1. The number of allylic oxidation sites excluding steroid dienone is 6. The monoisotopic (exact) mass is 202 g/mol. The Kier molecular flexibility index (Phi) is 2.69. The second-order valence-electron chi connectivity index (χ2n) is 3.64. The van der Waals surface area contributed by atoms with Gasteiger partial charge in [0.15, 0.2) is 0 Å². The van der Waals surface area contributed by atoms with Crippen molar-refractivity contribution in [2.75, 3.05) is 0 Å². The fourth-order valence-electron chi connectivity index (χ4n) is 1.46. The molecule has 0 fully saturated rings. The second kappa shape index (κ2) is 3.97. The van der Waals surface area contributed by atoms with Gasteiger partial charge in [-0.15, -0.1) is 11.3 Å². The van der Waals surface area contributed by atoms with E-state index < -0.39 is 0 Å². The molecule has 0 spiro atoms. The Hall–Kier alpha value is -1.08. The van der Waals surface area contributed by atoms with Gasteiger partial charge in [0.2, 0.25) is 0 Å². The standard InChI is InChI=1S/C13H14S/c1-10-4-3-5-12(8-6-10)13-9-7-11(2)14-13/h3-10H,1-2H3. The van der Waals surface area contributed by atoms with Crippen molar-refractivity contribution in [2.24, 2.45) is 5.92 Å². The summed E-state index contributed by atoms with van der Waals surface area (Å²) in [6.07, 6.45) is 11.0. The highest BCUT2D eigenvalue weighted by molar-refractivity contribution is 7.13. The zero-order chi connectivity index (χ0) is 9.97. The average molecular weight is 202 g/mol. The molecule has 1 aliphatic carbocycles. The Morgan fingerprint density at radius 1 is 1.21 bits per heavy atom. The van der Waals surface area contributed by atoms with Crippen LogP contribution in [0.4, 0.5) is 0 Å². The third-order valence-electron chi connectivity index (χ3n) is 2.29. The molecule has 1 heterocycles. The fraction of sp³-hybridized carbons (Fsp3) is 0.231. The van der Waals surface area contributed by atoms with Gasteiger partial charge in [0.1, 0.15) is 0 Å². The highest BCUT2D eigenvalue weighted by atomic mass is 32.1. The molecule has 0 saturated carbocycles. The number of hydrogen-bond acceptors (Lipinski definition) is 1. The first-order valence-corrected chi connectivity index (χ1v) is 5.71. The Labute approximate surface area is 89.3 Å². The van der Waals surface area contributed by atoms with Gasteiger partial charge < -0.3 is 0 Å². The van der Waals surface area contributed by atoms with Crippen LogP contribution in [0.15, 0.2) is 42.5 Å². The van der Waals surface area contributed by atoms with Crippen LogP contribution in [-0.4, -0.2) is 0 Å². The van der Waals surface area contributed by atoms with Gasteiger partial charge in [-0.1, -0.05) is 37.3 Å². The van der Waals surface area contributed by atoms with Crippen LogP contribution in [0.25, 0.3) is 5.57 Å². The van der Waals surface area contributed by atoms with E-state index in [1.807, 2.05) is 11.3 Å². The van der Waals surface area contributed by atoms with E-state index in [2.05, 4.69) is 56.4 Å². The summed E-state index contributed by atoms with van der Waals surface area (Å²) < 4.78 is 0. The maximum absolute atomic E-state index is 2.24. The summed E-state index contributed by atoms with van der Waals surface area (Å²) in [6.45, 7) is 4.34. The summed E-state index contributed by atoms with van der Waals surface area (Å²) in [5.74, 6) is 0.546. The molecule has 0 saturated heterocycles. The van der Waals surface area contributed by atoms with Crippen molar-refractivity contribution in [1.29, 1.82) is 0 Å². The van der Waals surface area contributed by atoms with E-state index in [-0.39, 0.29) is 0 Å². The second-order valence-corrected chi connectivity index (χ2v) is 4.92. The van der Waals surface area contributed by atoms with Gasteiger partial charge in [-0.25, -0.2) is 0 Å². The summed E-state index contributed by atoms with van der Waals surface area (Å²) >= 11 is 1.85. The van der Waals surface area contributed by atoms with Crippen molar-refractivity contribution >= 4 is 16.9 Å². The van der Waals surface area contributed by atoms with Gasteiger partial charge in [-0.2, -0.15) is 0 Å². The highest BCUT2D eigenvalue weighted by Crippen LogP contribution is 2.26. The van der Waals surface area contributed by atoms with Gasteiger partial charge >= 0.3 is 0 Å². The van der Waals surface area contributed by atoms with Crippen LogP contribution < -0.4 is 0 Å². The summed E-state index contributed by atoms with van der Waals surface area (Å²) in [6, 6.07) is 4.37. The third-order valence-corrected chi connectivity index (χ3v) is 3.34. The maximum Gasteiger partial charge on any atom is 0.0345 e. The van der Waals surface area contributed by atoms with Crippen LogP contribution in [0.3, 0.4) is 0 Å². The zero-order valence-electron chi connectivity index (χ0n) is 8.53. The molecule has 2 rings (SSSR count). The van der Waals surface area contributed by atoms with E-state index in [9.17, 15) is 0 Å². The topological polar surface area (TPSA) is 0 Å². The smallest absolute Gasteiger partial charge is 0.0345 e. The Bertz CT molecular complexity index is 405. The first-order chi connectivity index (χ1) is 6.75. The number of hydrogen-bond donors (Lipinski definition) is 0. The molecule has 0 aromatic carbocycles. The molecule has 0 amide bonds. The van der Waals surface area contributed by atoms with Crippen molar-refractivity contribution in [3.8, 4) is 0 Å². The summed E-state index contributed by atoms with van der Waals surface area (Å²) in [4.78, 5) is 2.73. The highest BCUT2D eigenvalue weighted by Gasteiger charge is 2.02. The molecular weight excluding hydrogens is 188 g/mol. The molecule has 1 heteroatoms. The minimum Gasteiger partial charge on any atom is -0.141 e. The predicted molar refractivity (Wildman–Crippen MR) is 64.5 cm³/mol. The minimum absolute atomic E-state index is 0.546. The van der Waals surface area contributed by atoms with Gasteiger partial charge in [-0.3, -0.25) is 0 Å². The predicted octanol–water partition coefficient (Wildman–Crippen LogP) is 4.20. The van der Waals surface area contributed by atoms with E-state index in [0.717, 1.165) is 0 Å². The Morgan fingerprint density at radius 2 is 2.07 bits per heavy atom. The molecule has 1 aromatic heterocycles. The van der Waals surface area contributed by atoms with Gasteiger partial charge in [-0.05, 0) is 30.5 Å². The van der Waals surface area contributed by atoms with E-state index >= 15 is 0 Å². The molecule has 1 aliphatic rings. The van der Waals surface area contributed by atoms with Gasteiger partial charge in [0.05, 0.1) is 0 Å². The number of aryl methyl sites for hydroxylation is 1. The molecular formula is C13H14S. The van der Waals surface area contributed by atoms with Crippen LogP contribution in [0, 0.1) is 12.8 Å². The van der Waals surface area contributed by atoms with E-state index in [1.165, 1.54) is 15.3 Å². The lowest BCUT2D eigenvalue weighted by Gasteiger charge is -1.96. The molecule has 0 radical (unpaired) electrons. The summed E-state index contributed by atoms with van der Waals surface area (Å²) in [5.41, 5.74) is 1.32. The first kappa shape index (κ1) is 9.47. The average Bonchev–Trinajstić information content (AvgIpc) is 2.46. The molecule has 0 nitrogen and oxygen atoms in total. The molecule has 1 atom stereocenters. The third kappa shape index (κ3) is 2.05. The van der Waals surface area contributed by atoms with Crippen LogP contribution in [0.1, 0.15) is 16.7 Å². The van der Waals surface area contributed by atoms with Crippen molar-refractivity contribution in [2.45, 2.75) is 13.8 Å². The molecule has 0 N–H and O–H groups in total. The van der Waals surface area contributed by atoms with Crippen molar-refractivity contribution < 1.29 is 0 Å². The van der Waals surface area contributed by atoms with E-state index in [1.54, 1.807) is 0 Å². The fourth-order valence-corrected chi connectivity index (χ4v) is 2.34. The first-order valence-electron chi connectivity index (χ1n) is 4.89. The van der Waals surface area contributed by atoms with Gasteiger partial charge in [0.25, 0.3) is 0 Å². The van der Waals surface area contributed by atoms with E-state index in [4.69, 9.17) is 0 Å². The van der Waals surface area contributed by atoms with Crippen LogP contribution >= 0.6 is 11.3 Å². The quantitative estimate of drug-likeness (QED) is 0.640. The normalized spacial score (nSPS) is 20.7. The Morgan fingerprint density at radius 3 is 2.79 bits per heavy atom. The largest absolute Gasteiger partial charge is 0.141 e. The van der Waals surface area contributed by atoms with Gasteiger partial charge in [0, 0.05) is 9.75 Å². The maximum atomic E-state index is 2.24. The molecule has 1 aromatic rings. The molecule has 0 bridgehead atoms. The van der Waals surface area contributed by atoms with Crippen molar-refractivity contribution in [3.63, 3.8) is 0 Å². The van der Waals surface area contributed by atoms with Crippen LogP contribution in [-0.2, 0) is 0 Å². The van der Waals surface area contributed by atoms with Crippen LogP contribution in [0.2, 0.25) is 0 Å². The zero-order valence-corrected chi connectivity index (χ0v) is 9.34.